The van der Waals surface area contributed by atoms with Gasteiger partial charge in [-0.05, 0) is 25.9 Å². The molecule has 0 amide bonds. The van der Waals surface area contributed by atoms with E-state index in [1.165, 1.54) is 30.9 Å². The molecule has 1 aliphatic rings. The number of rotatable bonds is 5. The Morgan fingerprint density at radius 3 is 2.87 bits per heavy atom. The van der Waals surface area contributed by atoms with Crippen molar-refractivity contribution in [1.29, 1.82) is 0 Å². The van der Waals surface area contributed by atoms with Gasteiger partial charge in [0.2, 0.25) is 0 Å². The highest BCUT2D eigenvalue weighted by Gasteiger charge is 2.11. The molecule has 3 nitrogen and oxygen atoms in total. The predicted molar refractivity (Wildman–Crippen MR) is 62.3 cm³/mol. The highest BCUT2D eigenvalue weighted by atomic mass is 32.1. The standard InChI is InChI=1S/C11H18N2OS/c14-8-4-10-9-15-11(12-10)3-7-13-5-1-2-6-13/h9,14H,1-8H2. The first kappa shape index (κ1) is 11.0. The summed E-state index contributed by atoms with van der Waals surface area (Å²) in [5, 5.41) is 12.1. The predicted octanol–water partition coefficient (Wildman–Crippen LogP) is 1.32. The number of aliphatic hydroxyl groups is 1. The van der Waals surface area contributed by atoms with E-state index in [0.717, 1.165) is 18.7 Å². The van der Waals surface area contributed by atoms with Gasteiger partial charge >= 0.3 is 0 Å². The molecule has 1 aromatic rings. The van der Waals surface area contributed by atoms with E-state index in [2.05, 4.69) is 15.3 Å². The molecular weight excluding hydrogens is 208 g/mol. The van der Waals surface area contributed by atoms with Gasteiger partial charge in [-0.3, -0.25) is 0 Å². The third-order valence-corrected chi connectivity index (χ3v) is 3.77. The van der Waals surface area contributed by atoms with Crippen molar-refractivity contribution in [1.82, 2.24) is 9.88 Å². The van der Waals surface area contributed by atoms with Crippen LogP contribution < -0.4 is 0 Å². The van der Waals surface area contributed by atoms with Crippen LogP contribution in [-0.4, -0.2) is 41.2 Å². The number of nitrogens with zero attached hydrogens (tertiary/aromatic N) is 2. The topological polar surface area (TPSA) is 36.4 Å². The van der Waals surface area contributed by atoms with Crippen molar-refractivity contribution in [2.24, 2.45) is 0 Å². The Labute approximate surface area is 94.8 Å². The number of aliphatic hydroxyl groups excluding tert-OH is 1. The minimum atomic E-state index is 0.204. The molecule has 0 radical (unpaired) electrons. The fraction of sp³-hybridized carbons (Fsp3) is 0.727. The summed E-state index contributed by atoms with van der Waals surface area (Å²) in [6.07, 6.45) is 4.47. The monoisotopic (exact) mass is 226 g/mol. The van der Waals surface area contributed by atoms with Gasteiger partial charge in [-0.2, -0.15) is 0 Å². The van der Waals surface area contributed by atoms with E-state index in [4.69, 9.17) is 5.11 Å². The zero-order valence-electron chi connectivity index (χ0n) is 8.98. The van der Waals surface area contributed by atoms with Crippen LogP contribution in [0.5, 0.6) is 0 Å². The number of thiazole rings is 1. The molecule has 1 aliphatic heterocycles. The smallest absolute Gasteiger partial charge is 0.0941 e. The summed E-state index contributed by atoms with van der Waals surface area (Å²) in [6, 6.07) is 0. The van der Waals surface area contributed by atoms with Crippen LogP contribution in [0.15, 0.2) is 5.38 Å². The van der Waals surface area contributed by atoms with Gasteiger partial charge in [0, 0.05) is 31.4 Å². The lowest BCUT2D eigenvalue weighted by atomic mass is 10.3. The van der Waals surface area contributed by atoms with Crippen LogP contribution in [0.25, 0.3) is 0 Å². The van der Waals surface area contributed by atoms with Crippen LogP contribution in [0, 0.1) is 0 Å². The van der Waals surface area contributed by atoms with Crippen molar-refractivity contribution in [2.45, 2.75) is 25.7 Å². The van der Waals surface area contributed by atoms with Crippen molar-refractivity contribution >= 4 is 11.3 Å². The molecule has 0 saturated carbocycles. The molecular formula is C11H18N2OS. The van der Waals surface area contributed by atoms with Crippen molar-refractivity contribution in [3.8, 4) is 0 Å². The molecule has 1 fully saturated rings. The Hall–Kier alpha value is -0.450. The summed E-state index contributed by atoms with van der Waals surface area (Å²) in [6.45, 7) is 3.87. The average Bonchev–Trinajstić information content (AvgIpc) is 2.85. The first-order chi connectivity index (χ1) is 7.38. The highest BCUT2D eigenvalue weighted by Crippen LogP contribution is 2.13. The lowest BCUT2D eigenvalue weighted by Gasteiger charge is -2.12. The van der Waals surface area contributed by atoms with Crippen LogP contribution in [0.2, 0.25) is 0 Å². The molecule has 0 atom stereocenters. The molecule has 2 rings (SSSR count). The summed E-state index contributed by atoms with van der Waals surface area (Å²) < 4.78 is 0. The molecule has 0 aliphatic carbocycles. The van der Waals surface area contributed by atoms with Gasteiger partial charge in [0.05, 0.1) is 10.7 Å². The van der Waals surface area contributed by atoms with Crippen LogP contribution in [0.3, 0.4) is 0 Å². The Bertz CT molecular complexity index is 295. The van der Waals surface area contributed by atoms with Gasteiger partial charge < -0.3 is 10.0 Å². The van der Waals surface area contributed by atoms with Gasteiger partial charge in [-0.25, -0.2) is 4.98 Å². The Morgan fingerprint density at radius 1 is 1.33 bits per heavy atom. The van der Waals surface area contributed by atoms with Crippen LogP contribution >= 0.6 is 11.3 Å². The summed E-state index contributed by atoms with van der Waals surface area (Å²) in [7, 11) is 0. The minimum Gasteiger partial charge on any atom is -0.396 e. The molecule has 0 unspecified atom stereocenters. The van der Waals surface area contributed by atoms with E-state index in [0.29, 0.717) is 6.42 Å². The summed E-state index contributed by atoms with van der Waals surface area (Å²) in [5.41, 5.74) is 1.04. The van der Waals surface area contributed by atoms with Crippen molar-refractivity contribution in [2.75, 3.05) is 26.2 Å². The van der Waals surface area contributed by atoms with Gasteiger partial charge in [0.1, 0.15) is 0 Å². The zero-order chi connectivity index (χ0) is 10.5. The molecule has 1 aromatic heterocycles. The molecule has 4 heteroatoms. The molecule has 2 heterocycles. The van der Waals surface area contributed by atoms with Crippen LogP contribution in [0.1, 0.15) is 23.5 Å². The van der Waals surface area contributed by atoms with Gasteiger partial charge in [0.15, 0.2) is 0 Å². The van der Waals surface area contributed by atoms with Crippen LogP contribution in [-0.2, 0) is 12.8 Å². The van der Waals surface area contributed by atoms with E-state index in [-0.39, 0.29) is 6.61 Å². The van der Waals surface area contributed by atoms with E-state index >= 15 is 0 Å². The Kier molecular flexibility index (Phi) is 4.11. The van der Waals surface area contributed by atoms with Crippen molar-refractivity contribution in [3.05, 3.63) is 16.1 Å². The number of likely N-dealkylation sites (tertiary alicyclic amines) is 1. The molecule has 0 spiro atoms. The van der Waals surface area contributed by atoms with Crippen LogP contribution in [0.4, 0.5) is 0 Å². The largest absolute Gasteiger partial charge is 0.396 e. The maximum Gasteiger partial charge on any atom is 0.0941 e. The second-order valence-electron chi connectivity index (χ2n) is 4.00. The highest BCUT2D eigenvalue weighted by molar-refractivity contribution is 7.09. The molecule has 1 saturated heterocycles. The quantitative estimate of drug-likeness (QED) is 0.822. The van der Waals surface area contributed by atoms with Gasteiger partial charge in [-0.1, -0.05) is 0 Å². The lowest BCUT2D eigenvalue weighted by Crippen LogP contribution is -2.21. The second kappa shape index (κ2) is 5.58. The first-order valence-electron chi connectivity index (χ1n) is 5.65. The zero-order valence-corrected chi connectivity index (χ0v) is 9.80. The normalized spacial score (nSPS) is 17.4. The lowest BCUT2D eigenvalue weighted by molar-refractivity contribution is 0.298. The number of hydrogen-bond donors (Lipinski definition) is 1. The number of aromatic nitrogens is 1. The summed E-state index contributed by atoms with van der Waals surface area (Å²) in [5.74, 6) is 0. The van der Waals surface area contributed by atoms with Gasteiger partial charge in [-0.15, -0.1) is 11.3 Å². The molecule has 1 N–H and O–H groups in total. The molecule has 0 bridgehead atoms. The first-order valence-corrected chi connectivity index (χ1v) is 6.53. The third kappa shape index (κ3) is 3.26. The summed E-state index contributed by atoms with van der Waals surface area (Å²) >= 11 is 1.72. The Balaban J connectivity index is 1.77. The summed E-state index contributed by atoms with van der Waals surface area (Å²) in [4.78, 5) is 7.00. The molecule has 15 heavy (non-hydrogen) atoms. The fourth-order valence-corrected chi connectivity index (χ4v) is 2.77. The molecule has 0 aromatic carbocycles. The minimum absolute atomic E-state index is 0.204. The van der Waals surface area contributed by atoms with E-state index in [9.17, 15) is 0 Å². The van der Waals surface area contributed by atoms with E-state index in [1.54, 1.807) is 11.3 Å². The number of hydrogen-bond acceptors (Lipinski definition) is 4. The van der Waals surface area contributed by atoms with Crippen molar-refractivity contribution in [3.63, 3.8) is 0 Å². The maximum atomic E-state index is 8.79. The Morgan fingerprint density at radius 2 is 2.13 bits per heavy atom. The average molecular weight is 226 g/mol. The van der Waals surface area contributed by atoms with E-state index in [1.807, 2.05) is 0 Å². The molecule has 84 valence electrons. The van der Waals surface area contributed by atoms with Crippen molar-refractivity contribution < 1.29 is 5.11 Å². The van der Waals surface area contributed by atoms with E-state index < -0.39 is 0 Å². The second-order valence-corrected chi connectivity index (χ2v) is 4.95. The maximum absolute atomic E-state index is 8.79. The SMILES string of the molecule is OCCc1csc(CCN2CCCC2)n1. The third-order valence-electron chi connectivity index (χ3n) is 2.81. The van der Waals surface area contributed by atoms with Gasteiger partial charge in [0.25, 0.3) is 0 Å². The fourth-order valence-electron chi connectivity index (χ4n) is 1.95.